The molecular formula is C20H18FN3O3. The number of halogens is 1. The lowest BCUT2D eigenvalue weighted by Crippen LogP contribution is -2.36. The summed E-state index contributed by atoms with van der Waals surface area (Å²) in [5, 5.41) is 13.4. The number of aromatic nitrogens is 2. The van der Waals surface area contributed by atoms with E-state index in [-0.39, 0.29) is 23.5 Å². The summed E-state index contributed by atoms with van der Waals surface area (Å²) >= 11 is 0. The molecule has 0 aliphatic carbocycles. The number of pyridine rings is 2. The van der Waals surface area contributed by atoms with Crippen LogP contribution in [-0.2, 0) is 13.0 Å². The van der Waals surface area contributed by atoms with Gasteiger partial charge in [0.15, 0.2) is 0 Å². The van der Waals surface area contributed by atoms with Crippen LogP contribution in [0, 0.1) is 5.82 Å². The van der Waals surface area contributed by atoms with E-state index in [1.54, 1.807) is 24.5 Å². The second-order valence-electron chi connectivity index (χ2n) is 6.79. The number of rotatable bonds is 3. The molecule has 0 spiro atoms. The predicted molar refractivity (Wildman–Crippen MR) is 98.3 cm³/mol. The maximum atomic E-state index is 14.0. The van der Waals surface area contributed by atoms with Crippen LogP contribution in [0.3, 0.4) is 0 Å². The molecule has 1 aliphatic rings. The van der Waals surface area contributed by atoms with Crippen LogP contribution in [0.5, 0.6) is 5.75 Å². The number of nitrogens with zero attached hydrogens (tertiary/aromatic N) is 2. The van der Waals surface area contributed by atoms with Crippen LogP contribution in [0.25, 0.3) is 10.9 Å². The summed E-state index contributed by atoms with van der Waals surface area (Å²) < 4.78 is 15.5. The second kappa shape index (κ2) is 6.50. The topological polar surface area (TPSA) is 84.2 Å². The first-order chi connectivity index (χ1) is 13.0. The molecule has 0 unspecified atom stereocenters. The molecule has 138 valence electrons. The van der Waals surface area contributed by atoms with Gasteiger partial charge in [-0.05, 0) is 49.1 Å². The molecule has 3 heterocycles. The van der Waals surface area contributed by atoms with Crippen molar-refractivity contribution in [3.05, 3.63) is 69.5 Å². The molecule has 3 aromatic rings. The Labute approximate surface area is 154 Å². The van der Waals surface area contributed by atoms with Gasteiger partial charge in [-0.15, -0.1) is 0 Å². The van der Waals surface area contributed by atoms with Crippen LogP contribution in [0.4, 0.5) is 4.39 Å². The van der Waals surface area contributed by atoms with Crippen molar-refractivity contribution in [2.75, 3.05) is 0 Å². The SMILES string of the molecule is C[C@H]1CCc2cc(F)cc3c(O)c(C(=O)NCc4cccnc4)c(=O)n1c23. The van der Waals surface area contributed by atoms with Gasteiger partial charge in [-0.25, -0.2) is 4.39 Å². The van der Waals surface area contributed by atoms with Crippen molar-refractivity contribution >= 4 is 16.8 Å². The summed E-state index contributed by atoms with van der Waals surface area (Å²) in [6.07, 6.45) is 4.49. The Bertz CT molecular complexity index is 1110. The first-order valence-electron chi connectivity index (χ1n) is 8.74. The Hall–Kier alpha value is -3.22. The molecule has 1 amide bonds. The van der Waals surface area contributed by atoms with Crippen LogP contribution in [0.2, 0.25) is 0 Å². The van der Waals surface area contributed by atoms with E-state index in [9.17, 15) is 19.1 Å². The number of amides is 1. The smallest absolute Gasteiger partial charge is 0.267 e. The number of nitrogens with one attached hydrogen (secondary N) is 1. The molecule has 0 radical (unpaired) electrons. The van der Waals surface area contributed by atoms with Crippen molar-refractivity contribution in [1.29, 1.82) is 0 Å². The highest BCUT2D eigenvalue weighted by molar-refractivity contribution is 6.03. The van der Waals surface area contributed by atoms with E-state index in [1.807, 2.05) is 6.92 Å². The molecule has 1 atom stereocenters. The Morgan fingerprint density at radius 2 is 2.26 bits per heavy atom. The van der Waals surface area contributed by atoms with Gasteiger partial charge < -0.3 is 15.0 Å². The molecule has 1 aliphatic heterocycles. The van der Waals surface area contributed by atoms with Crippen LogP contribution in [0.15, 0.2) is 41.5 Å². The van der Waals surface area contributed by atoms with E-state index in [0.29, 0.717) is 23.9 Å². The highest BCUT2D eigenvalue weighted by Gasteiger charge is 2.28. The molecule has 1 aromatic carbocycles. The first-order valence-corrected chi connectivity index (χ1v) is 8.74. The average Bonchev–Trinajstić information content (AvgIpc) is 2.66. The normalized spacial score (nSPS) is 15.7. The summed E-state index contributed by atoms with van der Waals surface area (Å²) in [6, 6.07) is 5.92. The standard InChI is InChI=1S/C20H18FN3O3/c1-11-4-5-13-7-14(21)8-15-17(13)24(11)20(27)16(18(15)25)19(26)23-10-12-3-2-6-22-9-12/h2-3,6-9,11,25H,4-5,10H2,1H3,(H,23,26)/t11-/m0/s1. The summed E-state index contributed by atoms with van der Waals surface area (Å²) in [4.78, 5) is 29.6. The van der Waals surface area contributed by atoms with E-state index >= 15 is 0 Å². The van der Waals surface area contributed by atoms with Gasteiger partial charge in [0.25, 0.3) is 11.5 Å². The minimum Gasteiger partial charge on any atom is -0.506 e. The van der Waals surface area contributed by atoms with Crippen molar-refractivity contribution in [2.24, 2.45) is 0 Å². The minimum absolute atomic E-state index is 0.150. The van der Waals surface area contributed by atoms with Gasteiger partial charge in [0, 0.05) is 30.4 Å². The van der Waals surface area contributed by atoms with E-state index in [0.717, 1.165) is 5.56 Å². The van der Waals surface area contributed by atoms with Gasteiger partial charge in [-0.1, -0.05) is 6.07 Å². The first kappa shape index (κ1) is 17.2. The maximum absolute atomic E-state index is 14.0. The second-order valence-corrected chi connectivity index (χ2v) is 6.79. The average molecular weight is 367 g/mol. The number of hydrogen-bond donors (Lipinski definition) is 2. The molecular weight excluding hydrogens is 349 g/mol. The quantitative estimate of drug-likeness (QED) is 0.745. The lowest BCUT2D eigenvalue weighted by Gasteiger charge is -2.26. The zero-order valence-corrected chi connectivity index (χ0v) is 14.7. The highest BCUT2D eigenvalue weighted by atomic mass is 19.1. The third-order valence-electron chi connectivity index (χ3n) is 4.99. The van der Waals surface area contributed by atoms with Crippen LogP contribution in [0.1, 0.15) is 40.9 Å². The van der Waals surface area contributed by atoms with Crippen LogP contribution >= 0.6 is 0 Å². The van der Waals surface area contributed by atoms with Crippen LogP contribution < -0.4 is 10.9 Å². The number of aromatic hydroxyl groups is 1. The molecule has 7 heteroatoms. The van der Waals surface area contributed by atoms with Crippen molar-refractivity contribution < 1.29 is 14.3 Å². The monoisotopic (exact) mass is 367 g/mol. The summed E-state index contributed by atoms with van der Waals surface area (Å²) in [7, 11) is 0. The highest BCUT2D eigenvalue weighted by Crippen LogP contribution is 2.35. The molecule has 6 nitrogen and oxygen atoms in total. The number of benzene rings is 1. The van der Waals surface area contributed by atoms with Gasteiger partial charge in [0.1, 0.15) is 17.1 Å². The molecule has 4 rings (SSSR count). The molecule has 27 heavy (non-hydrogen) atoms. The maximum Gasteiger partial charge on any atom is 0.267 e. The van der Waals surface area contributed by atoms with Gasteiger partial charge >= 0.3 is 0 Å². The van der Waals surface area contributed by atoms with Crippen LogP contribution in [-0.4, -0.2) is 20.6 Å². The molecule has 0 fully saturated rings. The largest absolute Gasteiger partial charge is 0.506 e. The molecule has 0 bridgehead atoms. The van der Waals surface area contributed by atoms with Gasteiger partial charge in [0.05, 0.1) is 5.52 Å². The molecule has 0 saturated carbocycles. The third kappa shape index (κ3) is 2.85. The van der Waals surface area contributed by atoms with Crippen molar-refractivity contribution in [1.82, 2.24) is 14.9 Å². The Balaban J connectivity index is 1.84. The fraction of sp³-hybridized carbons (Fsp3) is 0.250. The van der Waals surface area contributed by atoms with Gasteiger partial charge in [-0.2, -0.15) is 0 Å². The Kier molecular flexibility index (Phi) is 4.14. The van der Waals surface area contributed by atoms with Gasteiger partial charge in [0.2, 0.25) is 0 Å². The third-order valence-corrected chi connectivity index (χ3v) is 4.99. The number of aryl methyl sites for hydroxylation is 1. The lowest BCUT2D eigenvalue weighted by atomic mass is 9.95. The van der Waals surface area contributed by atoms with E-state index < -0.39 is 23.0 Å². The molecule has 2 aromatic heterocycles. The van der Waals surface area contributed by atoms with Crippen molar-refractivity contribution in [3.8, 4) is 5.75 Å². The minimum atomic E-state index is -0.699. The zero-order valence-electron chi connectivity index (χ0n) is 14.7. The summed E-state index contributed by atoms with van der Waals surface area (Å²) in [5.74, 6) is -1.69. The number of hydrogen-bond acceptors (Lipinski definition) is 4. The van der Waals surface area contributed by atoms with Crippen molar-refractivity contribution in [3.63, 3.8) is 0 Å². The molecule has 2 N–H and O–H groups in total. The fourth-order valence-corrected chi connectivity index (χ4v) is 3.66. The van der Waals surface area contributed by atoms with E-state index in [1.165, 1.54) is 16.7 Å². The Morgan fingerprint density at radius 1 is 1.44 bits per heavy atom. The van der Waals surface area contributed by atoms with Crippen molar-refractivity contribution in [2.45, 2.75) is 32.4 Å². The zero-order chi connectivity index (χ0) is 19.1. The van der Waals surface area contributed by atoms with Gasteiger partial charge in [-0.3, -0.25) is 14.6 Å². The predicted octanol–water partition coefficient (Wildman–Crippen LogP) is 2.68. The van der Waals surface area contributed by atoms with E-state index in [4.69, 9.17) is 0 Å². The summed E-state index contributed by atoms with van der Waals surface area (Å²) in [5.41, 5.74) is 0.994. The number of carbonyl (C=O) groups is 1. The lowest BCUT2D eigenvalue weighted by molar-refractivity contribution is 0.0946. The summed E-state index contributed by atoms with van der Waals surface area (Å²) in [6.45, 7) is 2.04. The molecule has 0 saturated heterocycles. The van der Waals surface area contributed by atoms with E-state index in [2.05, 4.69) is 10.3 Å². The Morgan fingerprint density at radius 3 is 3.00 bits per heavy atom. The fourth-order valence-electron chi connectivity index (χ4n) is 3.66. The number of carbonyl (C=O) groups excluding carboxylic acids is 1.